The van der Waals surface area contributed by atoms with Gasteiger partial charge >= 0.3 is 13.8 Å². The Hall–Kier alpha value is -1.25. The zero-order valence-corrected chi connectivity index (χ0v) is 34.7. The first kappa shape index (κ1) is 50.8. The number of nitrogens with one attached hydrogen (secondary N) is 1. The summed E-state index contributed by atoms with van der Waals surface area (Å²) in [6.45, 7) is 3.57. The second-order valence-corrected chi connectivity index (χ2v) is 16.1. The number of phosphoric ester groups is 1. The summed E-state index contributed by atoms with van der Waals surface area (Å²) in [6.07, 6.45) is 40.0. The molecule has 52 heavy (non-hydrogen) atoms. The van der Waals surface area contributed by atoms with E-state index in [4.69, 9.17) is 13.8 Å². The fourth-order valence-corrected chi connectivity index (χ4v) is 6.90. The minimum atomic E-state index is -4.41. The van der Waals surface area contributed by atoms with Crippen molar-refractivity contribution in [3.05, 3.63) is 12.2 Å². The van der Waals surface area contributed by atoms with Crippen molar-refractivity contribution in [3.63, 3.8) is 0 Å². The second kappa shape index (κ2) is 39.4. The van der Waals surface area contributed by atoms with Crippen LogP contribution in [-0.4, -0.2) is 54.3 Å². The predicted octanol–water partition coefficient (Wildman–Crippen LogP) is 11.8. The number of hydrogen-bond acceptors (Lipinski definition) is 7. The maximum atomic E-state index is 12.1. The van der Waals surface area contributed by atoms with Crippen LogP contribution >= 0.6 is 7.82 Å². The Bertz CT molecular complexity index is 871. The van der Waals surface area contributed by atoms with Crippen molar-refractivity contribution in [1.82, 2.24) is 5.32 Å². The molecule has 0 aliphatic rings. The molecule has 0 spiro atoms. The quantitative estimate of drug-likeness (QED) is 0.0243. The normalized spacial score (nSPS) is 13.4. The van der Waals surface area contributed by atoms with Gasteiger partial charge in [0.2, 0.25) is 5.91 Å². The molecule has 0 saturated carbocycles. The number of unbranched alkanes of at least 4 members (excludes halogenated alkanes) is 26. The smallest absolute Gasteiger partial charge is 0.463 e. The average molecular weight is 760 g/mol. The van der Waals surface area contributed by atoms with Gasteiger partial charge in [0.1, 0.15) is 12.7 Å². The minimum Gasteiger partial charge on any atom is -0.463 e. The molecular formula is C42H82NO8P. The number of carbonyl (C=O) groups excluding carboxylic acids is 2. The molecule has 0 saturated heterocycles. The molecule has 0 aromatic heterocycles. The fourth-order valence-electron chi connectivity index (χ4n) is 6.14. The number of aliphatic hydroxyl groups excluding tert-OH is 1. The SMILES string of the molecule is CCCCCCCC/C=C/CCCCCCCCCCCC(=O)OCC(O)COP(=O)(O)OCCNC(=O)CCCCCCCCCCCCCC. The van der Waals surface area contributed by atoms with Crippen molar-refractivity contribution in [2.75, 3.05) is 26.4 Å². The van der Waals surface area contributed by atoms with Crippen LogP contribution in [0.4, 0.5) is 0 Å². The van der Waals surface area contributed by atoms with E-state index < -0.39 is 26.5 Å². The van der Waals surface area contributed by atoms with E-state index in [1.165, 1.54) is 148 Å². The zero-order valence-electron chi connectivity index (χ0n) is 33.8. The van der Waals surface area contributed by atoms with Crippen molar-refractivity contribution >= 4 is 19.7 Å². The van der Waals surface area contributed by atoms with Crippen molar-refractivity contribution in [3.8, 4) is 0 Å². The summed E-state index contributed by atoms with van der Waals surface area (Å²) in [6, 6.07) is 0. The maximum Gasteiger partial charge on any atom is 0.472 e. The van der Waals surface area contributed by atoms with Crippen molar-refractivity contribution in [2.24, 2.45) is 0 Å². The molecule has 1 amide bonds. The first-order valence-corrected chi connectivity index (χ1v) is 23.2. The van der Waals surface area contributed by atoms with Gasteiger partial charge in [-0.1, -0.05) is 174 Å². The first-order valence-electron chi connectivity index (χ1n) is 21.7. The number of phosphoric acid groups is 1. The number of hydrogen-bond donors (Lipinski definition) is 3. The first-order chi connectivity index (χ1) is 25.3. The molecule has 0 fully saturated rings. The van der Waals surface area contributed by atoms with E-state index in [-0.39, 0.29) is 32.1 Å². The van der Waals surface area contributed by atoms with E-state index in [2.05, 4.69) is 31.3 Å². The molecule has 0 aliphatic carbocycles. The highest BCUT2D eigenvalue weighted by Gasteiger charge is 2.23. The van der Waals surface area contributed by atoms with Crippen LogP contribution < -0.4 is 5.32 Å². The molecule has 9 nitrogen and oxygen atoms in total. The van der Waals surface area contributed by atoms with E-state index in [9.17, 15) is 24.2 Å². The molecule has 0 heterocycles. The van der Waals surface area contributed by atoms with Crippen LogP contribution in [-0.2, 0) is 27.9 Å². The van der Waals surface area contributed by atoms with Gasteiger partial charge in [-0.15, -0.1) is 0 Å². The molecule has 0 aromatic rings. The third-order valence-electron chi connectivity index (χ3n) is 9.45. The summed E-state index contributed by atoms with van der Waals surface area (Å²) in [5.41, 5.74) is 0. The molecule has 0 rings (SSSR count). The highest BCUT2D eigenvalue weighted by molar-refractivity contribution is 7.47. The molecular weight excluding hydrogens is 677 g/mol. The number of esters is 1. The highest BCUT2D eigenvalue weighted by atomic mass is 31.2. The lowest BCUT2D eigenvalue weighted by Gasteiger charge is -2.15. The Balaban J connectivity index is 3.57. The zero-order chi connectivity index (χ0) is 38.2. The molecule has 2 unspecified atom stereocenters. The average Bonchev–Trinajstić information content (AvgIpc) is 3.13. The van der Waals surface area contributed by atoms with Gasteiger partial charge in [0.05, 0.1) is 13.2 Å². The number of ether oxygens (including phenoxy) is 1. The van der Waals surface area contributed by atoms with Crippen molar-refractivity contribution in [1.29, 1.82) is 0 Å². The fraction of sp³-hybridized carbons (Fsp3) is 0.905. The van der Waals surface area contributed by atoms with Crippen molar-refractivity contribution in [2.45, 2.75) is 219 Å². The summed E-state index contributed by atoms with van der Waals surface area (Å²) in [7, 11) is -4.41. The Morgan fingerprint density at radius 1 is 0.577 bits per heavy atom. The van der Waals surface area contributed by atoms with E-state index in [0.717, 1.165) is 38.5 Å². The van der Waals surface area contributed by atoms with Crippen LogP contribution in [0, 0.1) is 0 Å². The highest BCUT2D eigenvalue weighted by Crippen LogP contribution is 2.42. The topological polar surface area (TPSA) is 131 Å². The second-order valence-electron chi connectivity index (χ2n) is 14.7. The van der Waals surface area contributed by atoms with E-state index in [1.807, 2.05) is 0 Å². The Labute approximate surface area is 319 Å². The van der Waals surface area contributed by atoms with Gasteiger partial charge in [-0.2, -0.15) is 0 Å². The van der Waals surface area contributed by atoms with Crippen LogP contribution in [0.2, 0.25) is 0 Å². The summed E-state index contributed by atoms with van der Waals surface area (Å²) in [5.74, 6) is -0.511. The van der Waals surface area contributed by atoms with E-state index >= 15 is 0 Å². The summed E-state index contributed by atoms with van der Waals surface area (Å²) in [5, 5.41) is 12.7. The molecule has 0 aliphatic heterocycles. The molecule has 0 aromatic carbocycles. The van der Waals surface area contributed by atoms with Crippen LogP contribution in [0.1, 0.15) is 213 Å². The van der Waals surface area contributed by atoms with Gasteiger partial charge in [0.15, 0.2) is 0 Å². The molecule has 10 heteroatoms. The van der Waals surface area contributed by atoms with Crippen LogP contribution in [0.3, 0.4) is 0 Å². The summed E-state index contributed by atoms with van der Waals surface area (Å²) < 4.78 is 26.8. The third kappa shape index (κ3) is 39.9. The van der Waals surface area contributed by atoms with Gasteiger partial charge in [0.25, 0.3) is 0 Å². The molecule has 0 bridgehead atoms. The Morgan fingerprint density at radius 2 is 0.981 bits per heavy atom. The summed E-state index contributed by atoms with van der Waals surface area (Å²) in [4.78, 5) is 33.8. The van der Waals surface area contributed by atoms with Crippen LogP contribution in [0.15, 0.2) is 12.2 Å². The number of aliphatic hydroxyl groups is 1. The largest absolute Gasteiger partial charge is 0.472 e. The lowest BCUT2D eigenvalue weighted by molar-refractivity contribution is -0.147. The van der Waals surface area contributed by atoms with E-state index in [0.29, 0.717) is 6.42 Å². The molecule has 2 atom stereocenters. The van der Waals surface area contributed by atoms with Gasteiger partial charge < -0.3 is 20.1 Å². The molecule has 308 valence electrons. The summed E-state index contributed by atoms with van der Waals surface area (Å²) >= 11 is 0. The monoisotopic (exact) mass is 760 g/mol. The number of rotatable bonds is 41. The number of amides is 1. The lowest BCUT2D eigenvalue weighted by atomic mass is 10.0. The maximum absolute atomic E-state index is 12.1. The van der Waals surface area contributed by atoms with Gasteiger partial charge in [-0.3, -0.25) is 18.6 Å². The van der Waals surface area contributed by atoms with Crippen LogP contribution in [0.5, 0.6) is 0 Å². The number of carbonyl (C=O) groups is 2. The molecule has 0 radical (unpaired) electrons. The van der Waals surface area contributed by atoms with E-state index in [1.54, 1.807) is 0 Å². The minimum absolute atomic E-state index is 0.0860. The Morgan fingerprint density at radius 3 is 1.44 bits per heavy atom. The lowest BCUT2D eigenvalue weighted by Crippen LogP contribution is -2.27. The Kier molecular flexibility index (Phi) is 38.5. The third-order valence-corrected chi connectivity index (χ3v) is 10.4. The van der Waals surface area contributed by atoms with Gasteiger partial charge in [0, 0.05) is 19.4 Å². The van der Waals surface area contributed by atoms with Crippen molar-refractivity contribution < 1.29 is 37.9 Å². The number of allylic oxidation sites excluding steroid dienone is 2. The standard InChI is InChI=1S/C42H82NO8P/c1-3-5-7-9-11-13-15-17-18-19-20-21-22-23-25-27-29-31-33-35-42(46)49-38-40(44)39-51-52(47,48)50-37-36-43-41(45)34-32-30-28-26-24-16-14-12-10-8-6-4-2/h17-18,40,44H,3-16,19-39H2,1-2H3,(H,43,45)(H,47,48)/b18-17+. The van der Waals surface area contributed by atoms with Gasteiger partial charge in [-0.05, 0) is 38.5 Å². The van der Waals surface area contributed by atoms with Gasteiger partial charge in [-0.25, -0.2) is 4.57 Å². The van der Waals surface area contributed by atoms with Crippen LogP contribution in [0.25, 0.3) is 0 Å². The molecule has 3 N–H and O–H groups in total. The predicted molar refractivity (Wildman–Crippen MR) is 215 cm³/mol.